The molecule has 2 N–H and O–H groups in total. The van der Waals surface area contributed by atoms with Crippen LogP contribution in [0.4, 0.5) is 5.69 Å². The number of nitrogens with one attached hydrogen (secondary N) is 2. The summed E-state index contributed by atoms with van der Waals surface area (Å²) in [5.41, 5.74) is 1.18. The Morgan fingerprint density at radius 1 is 1.17 bits per heavy atom. The zero-order valence-corrected chi connectivity index (χ0v) is 17.5. The Kier molecular flexibility index (Phi) is 6.24. The van der Waals surface area contributed by atoms with Crippen molar-refractivity contribution >= 4 is 23.4 Å². The number of anilines is 1. The molecule has 3 rings (SSSR count). The number of para-hydroxylation sites is 1. The van der Waals surface area contributed by atoms with Gasteiger partial charge in [0.05, 0.1) is 13.2 Å². The van der Waals surface area contributed by atoms with E-state index in [1.807, 2.05) is 45.9 Å². The molecule has 0 bridgehead atoms. The summed E-state index contributed by atoms with van der Waals surface area (Å²) in [6.45, 7) is 11.1. The molecular formula is C21H30N4O4. The van der Waals surface area contributed by atoms with Crippen molar-refractivity contribution in [1.29, 1.82) is 0 Å². The first-order valence-electron chi connectivity index (χ1n) is 10.1. The van der Waals surface area contributed by atoms with Crippen LogP contribution in [0.3, 0.4) is 0 Å². The largest absolute Gasteiger partial charge is 0.379 e. The molecule has 1 fully saturated rings. The van der Waals surface area contributed by atoms with Crippen molar-refractivity contribution in [2.45, 2.75) is 45.3 Å². The molecule has 8 heteroatoms. The number of benzene rings is 1. The van der Waals surface area contributed by atoms with Gasteiger partial charge in [0, 0.05) is 42.5 Å². The highest BCUT2D eigenvalue weighted by atomic mass is 16.5. The molecule has 0 saturated carbocycles. The Morgan fingerprint density at radius 2 is 1.83 bits per heavy atom. The second-order valence-corrected chi connectivity index (χ2v) is 8.36. The zero-order chi connectivity index (χ0) is 21.2. The standard InChI is InChI=1S/C21H30N4O4/c1-14(2)25-16-8-6-5-7-15(16)17(20(25)28)23-19(27)18(26)22-13-21(3,4)24-9-11-29-12-10-24/h5-8,14,17H,9-13H2,1-4H3,(H,22,26)(H,23,27). The maximum absolute atomic E-state index is 12.8. The van der Waals surface area contributed by atoms with Crippen molar-refractivity contribution < 1.29 is 19.1 Å². The highest BCUT2D eigenvalue weighted by Gasteiger charge is 2.40. The van der Waals surface area contributed by atoms with E-state index in [0.29, 0.717) is 25.3 Å². The molecule has 1 aromatic carbocycles. The molecule has 29 heavy (non-hydrogen) atoms. The second-order valence-electron chi connectivity index (χ2n) is 8.36. The summed E-state index contributed by atoms with van der Waals surface area (Å²) in [7, 11) is 0. The van der Waals surface area contributed by atoms with Crippen LogP contribution < -0.4 is 15.5 Å². The molecule has 0 aliphatic carbocycles. The van der Waals surface area contributed by atoms with Crippen LogP contribution in [0.1, 0.15) is 39.3 Å². The Hall–Kier alpha value is -2.45. The smallest absolute Gasteiger partial charge is 0.310 e. The highest BCUT2D eigenvalue weighted by Crippen LogP contribution is 2.36. The fourth-order valence-corrected chi connectivity index (χ4v) is 3.87. The van der Waals surface area contributed by atoms with Crippen molar-refractivity contribution in [3.8, 4) is 0 Å². The average Bonchev–Trinajstić information content (AvgIpc) is 2.98. The predicted molar refractivity (Wildman–Crippen MR) is 109 cm³/mol. The number of hydrogen-bond donors (Lipinski definition) is 2. The van der Waals surface area contributed by atoms with Gasteiger partial charge in [-0.3, -0.25) is 19.3 Å². The number of ether oxygens (including phenoxy) is 1. The van der Waals surface area contributed by atoms with Crippen LogP contribution in [0.15, 0.2) is 24.3 Å². The van der Waals surface area contributed by atoms with E-state index >= 15 is 0 Å². The summed E-state index contributed by atoms with van der Waals surface area (Å²) >= 11 is 0. The van der Waals surface area contributed by atoms with Crippen molar-refractivity contribution in [3.63, 3.8) is 0 Å². The SMILES string of the molecule is CC(C)N1C(=O)C(NC(=O)C(=O)NCC(C)(C)N2CCOCC2)c2ccccc21. The molecule has 1 unspecified atom stereocenters. The number of rotatable bonds is 5. The molecule has 2 aliphatic heterocycles. The molecule has 1 aromatic rings. The van der Waals surface area contributed by atoms with E-state index in [1.165, 1.54) is 0 Å². The number of carbonyl (C=O) groups is 3. The van der Waals surface area contributed by atoms with E-state index < -0.39 is 17.9 Å². The van der Waals surface area contributed by atoms with E-state index in [1.54, 1.807) is 11.0 Å². The van der Waals surface area contributed by atoms with Gasteiger partial charge in [-0.05, 0) is 33.8 Å². The lowest BCUT2D eigenvalue weighted by Crippen LogP contribution is -2.56. The number of fused-ring (bicyclic) bond motifs is 1. The van der Waals surface area contributed by atoms with Gasteiger partial charge in [-0.2, -0.15) is 0 Å². The molecule has 2 aliphatic rings. The van der Waals surface area contributed by atoms with Crippen LogP contribution in [-0.4, -0.2) is 67.1 Å². The molecule has 158 valence electrons. The third-order valence-corrected chi connectivity index (χ3v) is 5.54. The number of nitrogens with zero attached hydrogens (tertiary/aromatic N) is 2. The van der Waals surface area contributed by atoms with Gasteiger partial charge in [0.2, 0.25) is 0 Å². The molecular weight excluding hydrogens is 372 g/mol. The summed E-state index contributed by atoms with van der Waals surface area (Å²) in [4.78, 5) is 41.6. The van der Waals surface area contributed by atoms with Crippen LogP contribution in [0.5, 0.6) is 0 Å². The third-order valence-electron chi connectivity index (χ3n) is 5.54. The minimum atomic E-state index is -0.848. The monoisotopic (exact) mass is 402 g/mol. The number of amides is 3. The molecule has 1 atom stereocenters. The van der Waals surface area contributed by atoms with Crippen molar-refractivity contribution in [2.75, 3.05) is 37.7 Å². The predicted octanol–water partition coefficient (Wildman–Crippen LogP) is 0.826. The summed E-state index contributed by atoms with van der Waals surface area (Å²) in [5, 5.41) is 5.32. The van der Waals surface area contributed by atoms with Crippen LogP contribution >= 0.6 is 0 Å². The molecule has 0 spiro atoms. The van der Waals surface area contributed by atoms with Crippen LogP contribution in [0.25, 0.3) is 0 Å². The average molecular weight is 402 g/mol. The van der Waals surface area contributed by atoms with Crippen molar-refractivity contribution in [2.24, 2.45) is 0 Å². The van der Waals surface area contributed by atoms with Gasteiger partial charge >= 0.3 is 11.8 Å². The van der Waals surface area contributed by atoms with Crippen LogP contribution in [0.2, 0.25) is 0 Å². The Balaban J connectivity index is 1.62. The lowest BCUT2D eigenvalue weighted by Gasteiger charge is -2.40. The van der Waals surface area contributed by atoms with E-state index in [-0.39, 0.29) is 17.5 Å². The number of carbonyl (C=O) groups excluding carboxylic acids is 3. The van der Waals surface area contributed by atoms with E-state index in [2.05, 4.69) is 15.5 Å². The van der Waals surface area contributed by atoms with Crippen molar-refractivity contribution in [1.82, 2.24) is 15.5 Å². The van der Waals surface area contributed by atoms with Gasteiger partial charge in [0.1, 0.15) is 6.04 Å². The minimum Gasteiger partial charge on any atom is -0.379 e. The van der Waals surface area contributed by atoms with Gasteiger partial charge in [0.25, 0.3) is 5.91 Å². The Labute approximate surface area is 171 Å². The summed E-state index contributed by atoms with van der Waals surface area (Å²) in [6.07, 6.45) is 0. The Bertz CT molecular complexity index is 787. The topological polar surface area (TPSA) is 91.0 Å². The summed E-state index contributed by atoms with van der Waals surface area (Å²) in [5.74, 6) is -1.77. The first-order valence-corrected chi connectivity index (χ1v) is 10.1. The maximum Gasteiger partial charge on any atom is 0.310 e. The van der Waals surface area contributed by atoms with E-state index in [9.17, 15) is 14.4 Å². The third kappa shape index (κ3) is 4.43. The normalized spacial score (nSPS) is 20.0. The number of morpholine rings is 1. The summed E-state index contributed by atoms with van der Waals surface area (Å²) < 4.78 is 5.37. The molecule has 0 aromatic heterocycles. The number of hydrogen-bond acceptors (Lipinski definition) is 5. The van der Waals surface area contributed by atoms with Gasteiger partial charge in [-0.25, -0.2) is 0 Å². The molecule has 1 saturated heterocycles. The fraction of sp³-hybridized carbons (Fsp3) is 0.571. The van der Waals surface area contributed by atoms with Gasteiger partial charge < -0.3 is 20.3 Å². The van der Waals surface area contributed by atoms with Gasteiger partial charge in [-0.15, -0.1) is 0 Å². The van der Waals surface area contributed by atoms with E-state index in [4.69, 9.17) is 4.74 Å². The molecule has 3 amide bonds. The lowest BCUT2D eigenvalue weighted by atomic mass is 10.0. The minimum absolute atomic E-state index is 0.0475. The molecule has 2 heterocycles. The zero-order valence-electron chi connectivity index (χ0n) is 17.5. The van der Waals surface area contributed by atoms with Crippen LogP contribution in [0, 0.1) is 0 Å². The molecule has 8 nitrogen and oxygen atoms in total. The quantitative estimate of drug-likeness (QED) is 0.712. The lowest BCUT2D eigenvalue weighted by molar-refractivity contribution is -0.140. The molecule has 0 radical (unpaired) electrons. The second kappa shape index (κ2) is 8.51. The first-order chi connectivity index (χ1) is 13.7. The van der Waals surface area contributed by atoms with Crippen molar-refractivity contribution in [3.05, 3.63) is 29.8 Å². The highest BCUT2D eigenvalue weighted by molar-refractivity contribution is 6.35. The maximum atomic E-state index is 12.8. The Morgan fingerprint density at radius 3 is 2.48 bits per heavy atom. The van der Waals surface area contributed by atoms with Gasteiger partial charge in [0.15, 0.2) is 0 Å². The van der Waals surface area contributed by atoms with Crippen LogP contribution in [-0.2, 0) is 19.1 Å². The first kappa shape index (κ1) is 21.3. The fourth-order valence-electron chi connectivity index (χ4n) is 3.87. The van der Waals surface area contributed by atoms with Gasteiger partial charge in [-0.1, -0.05) is 18.2 Å². The van der Waals surface area contributed by atoms with E-state index in [0.717, 1.165) is 18.8 Å². The summed E-state index contributed by atoms with van der Waals surface area (Å²) in [6, 6.07) is 6.43.